The summed E-state index contributed by atoms with van der Waals surface area (Å²) in [6.07, 6.45) is 8.05. The summed E-state index contributed by atoms with van der Waals surface area (Å²) < 4.78 is 1.16. The van der Waals surface area contributed by atoms with Gasteiger partial charge in [-0.25, -0.2) is 0 Å². The van der Waals surface area contributed by atoms with Gasteiger partial charge in [0.1, 0.15) is 0 Å². The SMILES string of the molecule is CCC(NC1CCCCC1CC)c1ccc(Br)cc1. The maximum Gasteiger partial charge on any atom is 0.0320 e. The average molecular weight is 324 g/mol. The van der Waals surface area contributed by atoms with Crippen LogP contribution < -0.4 is 5.32 Å². The maximum absolute atomic E-state index is 3.93. The van der Waals surface area contributed by atoms with Crippen LogP contribution in [0.2, 0.25) is 0 Å². The van der Waals surface area contributed by atoms with Gasteiger partial charge in [-0.3, -0.25) is 0 Å². The van der Waals surface area contributed by atoms with Crippen LogP contribution in [0.3, 0.4) is 0 Å². The summed E-state index contributed by atoms with van der Waals surface area (Å²) in [6, 6.07) is 10.0. The molecule has 2 rings (SSSR count). The van der Waals surface area contributed by atoms with Crippen LogP contribution in [0.4, 0.5) is 0 Å². The molecule has 1 saturated carbocycles. The van der Waals surface area contributed by atoms with Gasteiger partial charge in [0, 0.05) is 16.6 Å². The molecule has 1 fully saturated rings. The van der Waals surface area contributed by atoms with Gasteiger partial charge in [0.15, 0.2) is 0 Å². The van der Waals surface area contributed by atoms with Gasteiger partial charge in [-0.05, 0) is 42.9 Å². The van der Waals surface area contributed by atoms with E-state index < -0.39 is 0 Å². The van der Waals surface area contributed by atoms with Gasteiger partial charge in [0.25, 0.3) is 0 Å². The molecule has 0 saturated heterocycles. The summed E-state index contributed by atoms with van der Waals surface area (Å²) in [7, 11) is 0. The molecule has 1 N–H and O–H groups in total. The molecule has 0 heterocycles. The maximum atomic E-state index is 3.93. The number of benzene rings is 1. The van der Waals surface area contributed by atoms with Crippen molar-refractivity contribution in [2.45, 2.75) is 64.5 Å². The van der Waals surface area contributed by atoms with Crippen LogP contribution in [-0.2, 0) is 0 Å². The highest BCUT2D eigenvalue weighted by Gasteiger charge is 2.25. The fourth-order valence-corrected chi connectivity index (χ4v) is 3.58. The highest BCUT2D eigenvalue weighted by molar-refractivity contribution is 9.10. The first-order chi connectivity index (χ1) is 9.24. The third-order valence-corrected chi connectivity index (χ3v) is 5.06. The van der Waals surface area contributed by atoms with Crippen molar-refractivity contribution in [2.75, 3.05) is 0 Å². The van der Waals surface area contributed by atoms with Crippen LogP contribution in [0, 0.1) is 5.92 Å². The molecule has 3 atom stereocenters. The Morgan fingerprint density at radius 3 is 2.47 bits per heavy atom. The smallest absolute Gasteiger partial charge is 0.0320 e. The Morgan fingerprint density at radius 2 is 1.84 bits per heavy atom. The Hall–Kier alpha value is -0.340. The summed E-state index contributed by atoms with van der Waals surface area (Å²) in [4.78, 5) is 0. The van der Waals surface area contributed by atoms with Gasteiger partial charge in [-0.2, -0.15) is 0 Å². The quantitative estimate of drug-likeness (QED) is 0.758. The fourth-order valence-electron chi connectivity index (χ4n) is 3.32. The minimum atomic E-state index is 0.505. The Labute approximate surface area is 126 Å². The number of nitrogens with one attached hydrogen (secondary N) is 1. The van der Waals surface area contributed by atoms with Crippen LogP contribution in [0.5, 0.6) is 0 Å². The van der Waals surface area contributed by atoms with Gasteiger partial charge < -0.3 is 5.32 Å². The molecule has 1 aromatic rings. The molecular weight excluding hydrogens is 298 g/mol. The third-order valence-electron chi connectivity index (χ3n) is 4.53. The normalized spacial score (nSPS) is 25.2. The van der Waals surface area contributed by atoms with E-state index in [0.717, 1.165) is 16.8 Å². The van der Waals surface area contributed by atoms with Crippen molar-refractivity contribution >= 4 is 15.9 Å². The zero-order chi connectivity index (χ0) is 13.7. The van der Waals surface area contributed by atoms with E-state index in [0.29, 0.717) is 12.1 Å². The predicted molar refractivity (Wildman–Crippen MR) is 86.3 cm³/mol. The van der Waals surface area contributed by atoms with Gasteiger partial charge in [-0.15, -0.1) is 0 Å². The second-order valence-electron chi connectivity index (χ2n) is 5.74. The van der Waals surface area contributed by atoms with Gasteiger partial charge in [0.2, 0.25) is 0 Å². The molecule has 3 unspecified atom stereocenters. The molecular formula is C17H26BrN. The second kappa shape index (κ2) is 7.44. The topological polar surface area (TPSA) is 12.0 Å². The number of hydrogen-bond acceptors (Lipinski definition) is 1. The van der Waals surface area contributed by atoms with Crippen LogP contribution in [0.25, 0.3) is 0 Å². The van der Waals surface area contributed by atoms with E-state index >= 15 is 0 Å². The van der Waals surface area contributed by atoms with Crippen LogP contribution >= 0.6 is 15.9 Å². The van der Waals surface area contributed by atoms with Crippen LogP contribution in [0.15, 0.2) is 28.7 Å². The monoisotopic (exact) mass is 323 g/mol. The van der Waals surface area contributed by atoms with E-state index in [1.807, 2.05) is 0 Å². The molecule has 1 aromatic carbocycles. The largest absolute Gasteiger partial charge is 0.307 e. The molecule has 0 aliphatic heterocycles. The first kappa shape index (κ1) is 15.1. The van der Waals surface area contributed by atoms with Crippen LogP contribution in [-0.4, -0.2) is 6.04 Å². The van der Waals surface area contributed by atoms with Gasteiger partial charge in [-0.1, -0.05) is 61.2 Å². The van der Waals surface area contributed by atoms with E-state index in [4.69, 9.17) is 0 Å². The van der Waals surface area contributed by atoms with Crippen molar-refractivity contribution in [3.05, 3.63) is 34.3 Å². The van der Waals surface area contributed by atoms with E-state index in [-0.39, 0.29) is 0 Å². The Kier molecular flexibility index (Phi) is 5.90. The second-order valence-corrected chi connectivity index (χ2v) is 6.65. The first-order valence-electron chi connectivity index (χ1n) is 7.76. The number of halogens is 1. The molecule has 19 heavy (non-hydrogen) atoms. The molecule has 0 spiro atoms. The summed E-state index contributed by atoms with van der Waals surface area (Å²) in [5.41, 5.74) is 1.42. The Bertz CT molecular complexity index is 373. The summed E-state index contributed by atoms with van der Waals surface area (Å²) in [6.45, 7) is 4.62. The standard InChI is InChI=1S/C17H26BrN/c1-3-13-7-5-6-8-17(13)19-16(4-2)14-9-11-15(18)12-10-14/h9-13,16-17,19H,3-8H2,1-2H3. The summed E-state index contributed by atoms with van der Waals surface area (Å²) >= 11 is 3.52. The Morgan fingerprint density at radius 1 is 1.16 bits per heavy atom. The molecule has 1 nitrogen and oxygen atoms in total. The van der Waals surface area contributed by atoms with Crippen molar-refractivity contribution in [1.82, 2.24) is 5.32 Å². The van der Waals surface area contributed by atoms with Crippen molar-refractivity contribution in [3.63, 3.8) is 0 Å². The van der Waals surface area contributed by atoms with E-state index in [2.05, 4.69) is 59.4 Å². The van der Waals surface area contributed by atoms with Crippen molar-refractivity contribution in [3.8, 4) is 0 Å². The summed E-state index contributed by atoms with van der Waals surface area (Å²) in [5.74, 6) is 0.873. The first-order valence-corrected chi connectivity index (χ1v) is 8.55. The Balaban J connectivity index is 2.03. The molecule has 106 valence electrons. The molecule has 1 aliphatic rings. The molecule has 0 aromatic heterocycles. The minimum absolute atomic E-state index is 0.505. The zero-order valence-corrected chi connectivity index (χ0v) is 13.7. The lowest BCUT2D eigenvalue weighted by atomic mass is 9.82. The zero-order valence-electron chi connectivity index (χ0n) is 12.2. The highest BCUT2D eigenvalue weighted by Crippen LogP contribution is 2.30. The molecule has 0 bridgehead atoms. The number of hydrogen-bond donors (Lipinski definition) is 1. The van der Waals surface area contributed by atoms with Crippen molar-refractivity contribution in [1.29, 1.82) is 0 Å². The molecule has 0 amide bonds. The van der Waals surface area contributed by atoms with E-state index in [1.165, 1.54) is 37.7 Å². The lowest BCUT2D eigenvalue weighted by Crippen LogP contribution is -2.40. The minimum Gasteiger partial charge on any atom is -0.307 e. The molecule has 0 radical (unpaired) electrons. The molecule has 1 aliphatic carbocycles. The lowest BCUT2D eigenvalue weighted by molar-refractivity contribution is 0.235. The average Bonchev–Trinajstić information content (AvgIpc) is 2.46. The fraction of sp³-hybridized carbons (Fsp3) is 0.647. The van der Waals surface area contributed by atoms with Crippen molar-refractivity contribution < 1.29 is 0 Å². The van der Waals surface area contributed by atoms with E-state index in [9.17, 15) is 0 Å². The lowest BCUT2D eigenvalue weighted by Gasteiger charge is -2.35. The van der Waals surface area contributed by atoms with Crippen LogP contribution in [0.1, 0.15) is 64.0 Å². The van der Waals surface area contributed by atoms with Gasteiger partial charge >= 0.3 is 0 Å². The third kappa shape index (κ3) is 4.06. The predicted octanol–water partition coefficient (Wildman–Crippen LogP) is 5.46. The van der Waals surface area contributed by atoms with E-state index in [1.54, 1.807) is 0 Å². The van der Waals surface area contributed by atoms with Gasteiger partial charge in [0.05, 0.1) is 0 Å². The highest BCUT2D eigenvalue weighted by atomic mass is 79.9. The van der Waals surface area contributed by atoms with Crippen molar-refractivity contribution in [2.24, 2.45) is 5.92 Å². The number of rotatable bonds is 5. The summed E-state index contributed by atoms with van der Waals surface area (Å²) in [5, 5.41) is 3.93. The molecule has 2 heteroatoms.